The van der Waals surface area contributed by atoms with Gasteiger partial charge < -0.3 is 15.4 Å². The first-order valence-electron chi connectivity index (χ1n) is 10.3. The standard InChI is InChI=1S/C24H26FN5O2/c1-16(17-5-7-21(32-2)8-6-17)23(18-3-4-19(14-26)22(25)13-18)29-24(28-15-31)30-11-9-20(27)10-12-30/h3-8,13,15,20H,9-12,27H2,1-2H3,(H,28,29,31)/b23-16+. The highest BCUT2D eigenvalue weighted by atomic mass is 19.1. The summed E-state index contributed by atoms with van der Waals surface area (Å²) in [5.41, 5.74) is 8.58. The first kappa shape index (κ1) is 23.0. The van der Waals surface area contributed by atoms with E-state index < -0.39 is 5.82 Å². The van der Waals surface area contributed by atoms with Crippen molar-refractivity contribution in [3.8, 4) is 11.8 Å². The molecule has 0 spiro atoms. The number of benzene rings is 2. The molecular formula is C24H26FN5O2. The molecule has 1 fully saturated rings. The molecule has 0 radical (unpaired) electrons. The van der Waals surface area contributed by atoms with E-state index in [1.807, 2.05) is 42.2 Å². The van der Waals surface area contributed by atoms with Crippen LogP contribution in [-0.4, -0.2) is 43.5 Å². The lowest BCUT2D eigenvalue weighted by Crippen LogP contribution is -2.47. The van der Waals surface area contributed by atoms with Crippen molar-refractivity contribution in [3.05, 3.63) is 65.0 Å². The van der Waals surface area contributed by atoms with E-state index in [1.165, 1.54) is 12.1 Å². The van der Waals surface area contributed by atoms with Crippen molar-refractivity contribution in [2.45, 2.75) is 25.8 Å². The fourth-order valence-corrected chi connectivity index (χ4v) is 3.56. The van der Waals surface area contributed by atoms with Gasteiger partial charge in [-0.25, -0.2) is 9.38 Å². The largest absolute Gasteiger partial charge is 0.497 e. The van der Waals surface area contributed by atoms with E-state index in [1.54, 1.807) is 13.2 Å². The number of nitrogens with one attached hydrogen (secondary N) is 1. The van der Waals surface area contributed by atoms with E-state index in [0.29, 0.717) is 42.5 Å². The molecule has 2 aromatic carbocycles. The minimum atomic E-state index is -0.630. The summed E-state index contributed by atoms with van der Waals surface area (Å²) >= 11 is 0. The Morgan fingerprint density at radius 2 is 1.91 bits per heavy atom. The minimum Gasteiger partial charge on any atom is -0.497 e. The molecule has 1 aliphatic heterocycles. The molecule has 1 amide bonds. The maximum Gasteiger partial charge on any atom is 0.213 e. The topological polar surface area (TPSA) is 104 Å². The predicted molar refractivity (Wildman–Crippen MR) is 122 cm³/mol. The average Bonchev–Trinajstić information content (AvgIpc) is 2.82. The molecule has 1 saturated heterocycles. The molecule has 0 aromatic heterocycles. The van der Waals surface area contributed by atoms with Crippen LogP contribution in [0.4, 0.5) is 4.39 Å². The number of ether oxygens (including phenoxy) is 1. The molecule has 0 aliphatic carbocycles. The van der Waals surface area contributed by atoms with Gasteiger partial charge in [0.05, 0.1) is 18.4 Å². The second kappa shape index (κ2) is 10.6. The van der Waals surface area contributed by atoms with Gasteiger partial charge in [-0.1, -0.05) is 18.2 Å². The SMILES string of the molecule is COc1ccc(/C(C)=C(/N=C(\NC=O)N2CCC(N)CC2)c2ccc(C#N)c(F)c2)cc1. The second-order valence-corrected chi connectivity index (χ2v) is 7.53. The number of amides is 1. The highest BCUT2D eigenvalue weighted by Gasteiger charge is 2.21. The molecular weight excluding hydrogens is 409 g/mol. The quantitative estimate of drug-likeness (QED) is 0.325. The third-order valence-electron chi connectivity index (χ3n) is 5.49. The number of nitrogens with zero attached hydrogens (tertiary/aromatic N) is 3. The van der Waals surface area contributed by atoms with Crippen LogP contribution < -0.4 is 15.8 Å². The number of nitriles is 1. The van der Waals surface area contributed by atoms with Crippen LogP contribution in [0.15, 0.2) is 47.5 Å². The zero-order valence-electron chi connectivity index (χ0n) is 18.1. The number of piperidine rings is 1. The Bertz CT molecular complexity index is 1060. The normalized spacial score (nSPS) is 15.6. The first-order valence-corrected chi connectivity index (χ1v) is 10.3. The van der Waals surface area contributed by atoms with Crippen molar-refractivity contribution in [2.75, 3.05) is 20.2 Å². The van der Waals surface area contributed by atoms with Crippen LogP contribution in [-0.2, 0) is 4.79 Å². The van der Waals surface area contributed by atoms with Gasteiger partial charge >= 0.3 is 0 Å². The summed E-state index contributed by atoms with van der Waals surface area (Å²) < 4.78 is 19.7. The Labute approximate surface area is 187 Å². The summed E-state index contributed by atoms with van der Waals surface area (Å²) in [7, 11) is 1.59. The third kappa shape index (κ3) is 5.31. The lowest BCUT2D eigenvalue weighted by molar-refractivity contribution is -0.108. The van der Waals surface area contributed by atoms with Gasteiger partial charge in [-0.05, 0) is 55.2 Å². The Morgan fingerprint density at radius 3 is 2.47 bits per heavy atom. The van der Waals surface area contributed by atoms with Crippen LogP contribution in [0.1, 0.15) is 36.5 Å². The molecule has 32 heavy (non-hydrogen) atoms. The van der Waals surface area contributed by atoms with Gasteiger partial charge in [-0.2, -0.15) is 5.26 Å². The van der Waals surface area contributed by atoms with Crippen LogP contribution in [0.5, 0.6) is 5.75 Å². The number of aliphatic imine (C=N–C) groups is 1. The van der Waals surface area contributed by atoms with E-state index in [0.717, 1.165) is 24.0 Å². The number of nitrogens with two attached hydrogens (primary N) is 1. The van der Waals surface area contributed by atoms with E-state index >= 15 is 0 Å². The number of allylic oxidation sites excluding steroid dienone is 1. The van der Waals surface area contributed by atoms with E-state index in [4.69, 9.17) is 20.7 Å². The fraction of sp³-hybridized carbons (Fsp3) is 0.292. The number of guanidine groups is 1. The van der Waals surface area contributed by atoms with Crippen LogP contribution in [0.25, 0.3) is 11.3 Å². The molecule has 1 aliphatic rings. The zero-order valence-corrected chi connectivity index (χ0v) is 18.1. The molecule has 7 nitrogen and oxygen atoms in total. The summed E-state index contributed by atoms with van der Waals surface area (Å²) in [6.07, 6.45) is 2.14. The van der Waals surface area contributed by atoms with E-state index in [-0.39, 0.29) is 11.6 Å². The van der Waals surface area contributed by atoms with Gasteiger partial charge in [0.1, 0.15) is 17.6 Å². The molecule has 0 unspecified atom stereocenters. The van der Waals surface area contributed by atoms with E-state index in [9.17, 15) is 9.18 Å². The average molecular weight is 436 g/mol. The number of hydrogen-bond donors (Lipinski definition) is 2. The van der Waals surface area contributed by atoms with Gasteiger partial charge in [-0.15, -0.1) is 0 Å². The molecule has 1 heterocycles. The number of halogens is 1. The van der Waals surface area contributed by atoms with Gasteiger partial charge in [-0.3, -0.25) is 10.1 Å². The monoisotopic (exact) mass is 435 g/mol. The predicted octanol–water partition coefficient (Wildman–Crippen LogP) is 3.12. The molecule has 2 aromatic rings. The van der Waals surface area contributed by atoms with Crippen molar-refractivity contribution < 1.29 is 13.9 Å². The van der Waals surface area contributed by atoms with Crippen molar-refractivity contribution >= 4 is 23.6 Å². The highest BCUT2D eigenvalue weighted by Crippen LogP contribution is 2.30. The molecule has 166 valence electrons. The van der Waals surface area contributed by atoms with Crippen LogP contribution in [0, 0.1) is 17.1 Å². The molecule has 0 bridgehead atoms. The van der Waals surface area contributed by atoms with Crippen LogP contribution in [0.2, 0.25) is 0 Å². The smallest absolute Gasteiger partial charge is 0.213 e. The van der Waals surface area contributed by atoms with Gasteiger partial charge in [0.15, 0.2) is 0 Å². The molecule has 0 atom stereocenters. The number of rotatable bonds is 5. The van der Waals surface area contributed by atoms with Crippen molar-refractivity contribution in [2.24, 2.45) is 10.7 Å². The summed E-state index contributed by atoms with van der Waals surface area (Å²) in [5, 5.41) is 11.8. The molecule has 3 N–H and O–H groups in total. The fourth-order valence-electron chi connectivity index (χ4n) is 3.56. The number of methoxy groups -OCH3 is 1. The number of carbonyl (C=O) groups excluding carboxylic acids is 1. The molecule has 0 saturated carbocycles. The Balaban J connectivity index is 2.14. The Morgan fingerprint density at radius 1 is 1.25 bits per heavy atom. The van der Waals surface area contributed by atoms with Gasteiger partial charge in [0, 0.05) is 24.7 Å². The van der Waals surface area contributed by atoms with Gasteiger partial charge in [0.2, 0.25) is 12.4 Å². The highest BCUT2D eigenvalue weighted by molar-refractivity contribution is 5.98. The minimum absolute atomic E-state index is 0.0459. The zero-order chi connectivity index (χ0) is 23.1. The van der Waals surface area contributed by atoms with Crippen LogP contribution >= 0.6 is 0 Å². The number of carbonyl (C=O) groups is 1. The Hall–Kier alpha value is -3.70. The summed E-state index contributed by atoms with van der Waals surface area (Å²) in [6.45, 7) is 3.18. The lowest BCUT2D eigenvalue weighted by Gasteiger charge is -2.32. The van der Waals surface area contributed by atoms with Gasteiger partial charge in [0.25, 0.3) is 0 Å². The summed E-state index contributed by atoms with van der Waals surface area (Å²) in [4.78, 5) is 18.0. The third-order valence-corrected chi connectivity index (χ3v) is 5.49. The van der Waals surface area contributed by atoms with Crippen molar-refractivity contribution in [1.82, 2.24) is 10.2 Å². The van der Waals surface area contributed by atoms with E-state index in [2.05, 4.69) is 5.32 Å². The van der Waals surface area contributed by atoms with Crippen molar-refractivity contribution in [3.63, 3.8) is 0 Å². The maximum atomic E-state index is 14.5. The number of likely N-dealkylation sites (tertiary alicyclic amines) is 1. The maximum absolute atomic E-state index is 14.5. The Kier molecular flexibility index (Phi) is 7.58. The first-order chi connectivity index (χ1) is 15.5. The lowest BCUT2D eigenvalue weighted by atomic mass is 10.00. The summed E-state index contributed by atoms with van der Waals surface area (Å²) in [6, 6.07) is 13.7. The number of hydrogen-bond acceptors (Lipinski definition) is 5. The molecule has 8 heteroatoms. The second-order valence-electron chi connectivity index (χ2n) is 7.53. The molecule has 3 rings (SSSR count). The van der Waals surface area contributed by atoms with Crippen molar-refractivity contribution in [1.29, 1.82) is 5.26 Å². The van der Waals surface area contributed by atoms with Crippen LogP contribution in [0.3, 0.4) is 0 Å². The summed E-state index contributed by atoms with van der Waals surface area (Å²) in [5.74, 6) is 0.456.